The van der Waals surface area contributed by atoms with Gasteiger partial charge in [-0.15, -0.1) is 0 Å². The molecule has 5 nitrogen and oxygen atoms in total. The maximum absolute atomic E-state index is 6.06. The van der Waals surface area contributed by atoms with E-state index in [1.807, 2.05) is 49.1 Å². The number of nitrogens with zero attached hydrogens (tertiary/aromatic N) is 4. The van der Waals surface area contributed by atoms with Crippen LogP contribution >= 0.6 is 11.6 Å². The first-order valence-corrected chi connectivity index (χ1v) is 7.71. The average molecular weight is 316 g/mol. The molecule has 1 N–H and O–H groups in total. The minimum absolute atomic E-state index is 0.687. The molecule has 0 amide bonds. The van der Waals surface area contributed by atoms with Gasteiger partial charge in [0.1, 0.15) is 17.5 Å². The summed E-state index contributed by atoms with van der Waals surface area (Å²) in [4.78, 5) is 13.5. The van der Waals surface area contributed by atoms with Crippen LogP contribution in [0.3, 0.4) is 0 Å². The van der Waals surface area contributed by atoms with Gasteiger partial charge in [0.05, 0.1) is 5.52 Å². The molecule has 0 aliphatic heterocycles. The van der Waals surface area contributed by atoms with Crippen LogP contribution < -0.4 is 5.32 Å². The Labute approximate surface area is 134 Å². The van der Waals surface area contributed by atoms with Crippen molar-refractivity contribution >= 4 is 28.3 Å². The fourth-order valence-corrected chi connectivity index (χ4v) is 2.54. The lowest BCUT2D eigenvalue weighted by Gasteiger charge is -2.10. The van der Waals surface area contributed by atoms with E-state index in [-0.39, 0.29) is 0 Å². The number of benzene rings is 1. The lowest BCUT2D eigenvalue weighted by atomic mass is 10.2. The number of hydrogen-bond acceptors (Lipinski definition) is 4. The second-order valence-electron chi connectivity index (χ2n) is 5.13. The first kappa shape index (κ1) is 14.8. The van der Waals surface area contributed by atoms with E-state index >= 15 is 0 Å². The Bertz CT molecular complexity index is 796. The van der Waals surface area contributed by atoms with Gasteiger partial charge in [-0.1, -0.05) is 18.5 Å². The van der Waals surface area contributed by atoms with Crippen LogP contribution in [0, 0.1) is 0 Å². The van der Waals surface area contributed by atoms with Gasteiger partial charge in [-0.3, -0.25) is 0 Å². The summed E-state index contributed by atoms with van der Waals surface area (Å²) in [7, 11) is 2.00. The molecule has 3 rings (SSSR count). The molecule has 2 aromatic heterocycles. The Kier molecular flexibility index (Phi) is 4.24. The molecule has 0 aliphatic rings. The van der Waals surface area contributed by atoms with E-state index in [2.05, 4.69) is 20.3 Å². The summed E-state index contributed by atoms with van der Waals surface area (Å²) in [6.07, 6.45) is 5.39. The molecule has 0 saturated carbocycles. The molecule has 0 unspecified atom stereocenters. The third kappa shape index (κ3) is 3.04. The lowest BCUT2D eigenvalue weighted by molar-refractivity contribution is 0.788. The third-order valence-corrected chi connectivity index (χ3v) is 3.82. The van der Waals surface area contributed by atoms with E-state index in [1.165, 1.54) is 0 Å². The highest BCUT2D eigenvalue weighted by Gasteiger charge is 2.08. The molecular formula is C16H18ClN5. The zero-order valence-corrected chi connectivity index (χ0v) is 13.4. The van der Waals surface area contributed by atoms with Crippen molar-refractivity contribution in [2.75, 3.05) is 11.9 Å². The second kappa shape index (κ2) is 6.32. The van der Waals surface area contributed by atoms with Crippen LogP contribution in [0.2, 0.25) is 5.02 Å². The Hall–Kier alpha value is -2.14. The van der Waals surface area contributed by atoms with Gasteiger partial charge < -0.3 is 9.88 Å². The van der Waals surface area contributed by atoms with E-state index in [0.29, 0.717) is 5.02 Å². The van der Waals surface area contributed by atoms with Crippen molar-refractivity contribution in [3.63, 3.8) is 0 Å². The van der Waals surface area contributed by atoms with Crippen LogP contribution in [0.4, 0.5) is 5.82 Å². The molecule has 0 saturated heterocycles. The minimum atomic E-state index is 0.687. The van der Waals surface area contributed by atoms with Crippen LogP contribution in [-0.4, -0.2) is 26.1 Å². The van der Waals surface area contributed by atoms with Crippen LogP contribution in [0.1, 0.15) is 18.6 Å². The van der Waals surface area contributed by atoms with Gasteiger partial charge in [-0.05, 0) is 18.2 Å². The number of nitrogens with one attached hydrogen (secondary N) is 1. The summed E-state index contributed by atoms with van der Waals surface area (Å²) < 4.78 is 2.02. The first-order valence-electron chi connectivity index (χ1n) is 7.33. The summed E-state index contributed by atoms with van der Waals surface area (Å²) in [6.45, 7) is 2.81. The Morgan fingerprint density at radius 3 is 2.86 bits per heavy atom. The number of rotatable bonds is 5. The van der Waals surface area contributed by atoms with Gasteiger partial charge >= 0.3 is 0 Å². The molecule has 2 heterocycles. The van der Waals surface area contributed by atoms with Crippen molar-refractivity contribution in [1.82, 2.24) is 19.5 Å². The van der Waals surface area contributed by atoms with Crippen molar-refractivity contribution < 1.29 is 0 Å². The summed E-state index contributed by atoms with van der Waals surface area (Å²) in [6, 6.07) is 5.70. The number of anilines is 1. The van der Waals surface area contributed by atoms with Gasteiger partial charge in [0, 0.05) is 49.2 Å². The highest BCUT2D eigenvalue weighted by molar-refractivity contribution is 6.31. The number of hydrogen-bond donors (Lipinski definition) is 1. The fraction of sp³-hybridized carbons (Fsp3) is 0.312. The zero-order chi connectivity index (χ0) is 15.5. The fourth-order valence-electron chi connectivity index (χ4n) is 2.37. The Morgan fingerprint density at radius 1 is 1.27 bits per heavy atom. The molecule has 3 aromatic rings. The van der Waals surface area contributed by atoms with Gasteiger partial charge in [0.2, 0.25) is 0 Å². The van der Waals surface area contributed by atoms with E-state index in [4.69, 9.17) is 11.6 Å². The van der Waals surface area contributed by atoms with Gasteiger partial charge in [0.15, 0.2) is 0 Å². The monoisotopic (exact) mass is 315 g/mol. The first-order chi connectivity index (χ1) is 10.7. The highest BCUT2D eigenvalue weighted by atomic mass is 35.5. The molecule has 0 spiro atoms. The maximum atomic E-state index is 6.06. The molecule has 6 heteroatoms. The minimum Gasteiger partial charge on any atom is -0.369 e. The molecule has 0 aliphatic carbocycles. The molecule has 1 aromatic carbocycles. The quantitative estimate of drug-likeness (QED) is 0.785. The topological polar surface area (TPSA) is 55.6 Å². The van der Waals surface area contributed by atoms with Crippen molar-refractivity contribution in [3.8, 4) is 0 Å². The highest BCUT2D eigenvalue weighted by Crippen LogP contribution is 2.23. The molecule has 0 atom stereocenters. The summed E-state index contributed by atoms with van der Waals surface area (Å²) in [5, 5.41) is 5.07. The van der Waals surface area contributed by atoms with Crippen molar-refractivity contribution in [3.05, 3.63) is 47.3 Å². The predicted molar refractivity (Wildman–Crippen MR) is 89.3 cm³/mol. The molecule has 0 radical (unpaired) electrons. The van der Waals surface area contributed by atoms with Crippen LogP contribution in [-0.2, 0) is 19.9 Å². The standard InChI is InChI=1S/C16H18ClN5/c1-3-14-20-13-10-11(17)4-5-12(13)16(21-14)19-7-6-15-18-8-9-22(15)2/h4-5,8-10H,3,6-7H2,1-2H3,(H,19,20,21). The van der Waals surface area contributed by atoms with Crippen molar-refractivity contribution in [2.45, 2.75) is 19.8 Å². The third-order valence-electron chi connectivity index (χ3n) is 3.58. The molecule has 22 heavy (non-hydrogen) atoms. The van der Waals surface area contributed by atoms with E-state index in [9.17, 15) is 0 Å². The largest absolute Gasteiger partial charge is 0.369 e. The Balaban J connectivity index is 1.84. The summed E-state index contributed by atoms with van der Waals surface area (Å²) in [5.41, 5.74) is 0.874. The van der Waals surface area contributed by atoms with Gasteiger partial charge in [-0.25, -0.2) is 15.0 Å². The summed E-state index contributed by atoms with van der Waals surface area (Å²) >= 11 is 6.06. The SMILES string of the molecule is CCc1nc(NCCc2nccn2C)c2ccc(Cl)cc2n1. The Morgan fingerprint density at radius 2 is 2.14 bits per heavy atom. The zero-order valence-electron chi connectivity index (χ0n) is 12.7. The molecule has 0 fully saturated rings. The number of fused-ring (bicyclic) bond motifs is 1. The number of imidazole rings is 1. The van der Waals surface area contributed by atoms with Crippen molar-refractivity contribution in [1.29, 1.82) is 0 Å². The predicted octanol–water partition coefficient (Wildman–Crippen LogP) is 3.23. The van der Waals surface area contributed by atoms with E-state index < -0.39 is 0 Å². The smallest absolute Gasteiger partial charge is 0.137 e. The number of aryl methyl sites for hydroxylation is 2. The van der Waals surface area contributed by atoms with E-state index in [0.717, 1.165) is 47.8 Å². The second-order valence-corrected chi connectivity index (χ2v) is 5.57. The molecule has 0 bridgehead atoms. The van der Waals surface area contributed by atoms with Crippen LogP contribution in [0.25, 0.3) is 10.9 Å². The maximum Gasteiger partial charge on any atom is 0.137 e. The van der Waals surface area contributed by atoms with Crippen molar-refractivity contribution in [2.24, 2.45) is 7.05 Å². The van der Waals surface area contributed by atoms with E-state index in [1.54, 1.807) is 0 Å². The molecule has 114 valence electrons. The van der Waals surface area contributed by atoms with Crippen LogP contribution in [0.5, 0.6) is 0 Å². The summed E-state index contributed by atoms with van der Waals surface area (Å²) in [5.74, 6) is 2.71. The van der Waals surface area contributed by atoms with Crippen LogP contribution in [0.15, 0.2) is 30.6 Å². The van der Waals surface area contributed by atoms with Gasteiger partial charge in [0.25, 0.3) is 0 Å². The molecular weight excluding hydrogens is 298 g/mol. The number of halogens is 1. The average Bonchev–Trinajstić information content (AvgIpc) is 2.92. The van der Waals surface area contributed by atoms with Gasteiger partial charge in [-0.2, -0.15) is 0 Å². The lowest BCUT2D eigenvalue weighted by Crippen LogP contribution is -2.11. The number of aromatic nitrogens is 4. The normalized spacial score (nSPS) is 11.0.